The first-order valence-corrected chi connectivity index (χ1v) is 6.80. The molecule has 1 aromatic heterocycles. The normalized spacial score (nSPS) is 26.9. The number of hydrogen-bond acceptors (Lipinski definition) is 4. The van der Waals surface area contributed by atoms with Gasteiger partial charge in [-0.1, -0.05) is 13.8 Å². The average molecular weight is 253 g/mol. The van der Waals surface area contributed by atoms with Gasteiger partial charge < -0.3 is 15.2 Å². The molecule has 5 heteroatoms. The fourth-order valence-electron chi connectivity index (χ4n) is 2.15. The van der Waals surface area contributed by atoms with Crippen LogP contribution in [0, 0.1) is 0 Å². The third-order valence-electron chi connectivity index (χ3n) is 3.16. The number of aromatic nitrogens is 2. The summed E-state index contributed by atoms with van der Waals surface area (Å²) in [5.74, 6) is 0.811. The quantitative estimate of drug-likeness (QED) is 0.801. The first-order chi connectivity index (χ1) is 8.74. The third kappa shape index (κ3) is 3.03. The number of aryl methyl sites for hydroxylation is 1. The van der Waals surface area contributed by atoms with Crippen molar-refractivity contribution in [1.82, 2.24) is 9.78 Å². The van der Waals surface area contributed by atoms with Crippen molar-refractivity contribution < 1.29 is 9.47 Å². The minimum absolute atomic E-state index is 0.0273. The molecular weight excluding hydrogens is 230 g/mol. The minimum atomic E-state index is 0.0273. The first kappa shape index (κ1) is 13.4. The lowest BCUT2D eigenvalue weighted by molar-refractivity contribution is -0.0980. The Balaban J connectivity index is 1.84. The molecule has 1 heterocycles. The van der Waals surface area contributed by atoms with E-state index in [1.165, 1.54) is 0 Å². The molecule has 0 bridgehead atoms. The van der Waals surface area contributed by atoms with Gasteiger partial charge in [0.2, 0.25) is 0 Å². The van der Waals surface area contributed by atoms with Gasteiger partial charge in [-0.05, 0) is 12.8 Å². The van der Waals surface area contributed by atoms with Crippen LogP contribution >= 0.6 is 0 Å². The molecule has 2 rings (SSSR count). The van der Waals surface area contributed by atoms with E-state index in [0.29, 0.717) is 0 Å². The van der Waals surface area contributed by atoms with Crippen LogP contribution in [0.15, 0.2) is 12.4 Å². The summed E-state index contributed by atoms with van der Waals surface area (Å²) in [6.07, 6.45) is 6.72. The van der Waals surface area contributed by atoms with Crippen molar-refractivity contribution in [3.05, 3.63) is 12.4 Å². The van der Waals surface area contributed by atoms with E-state index in [-0.39, 0.29) is 18.2 Å². The molecule has 102 valence electrons. The molecule has 1 aliphatic carbocycles. The van der Waals surface area contributed by atoms with Crippen molar-refractivity contribution in [3.63, 3.8) is 0 Å². The van der Waals surface area contributed by atoms with Crippen LogP contribution in [-0.4, -0.2) is 34.6 Å². The van der Waals surface area contributed by atoms with Crippen LogP contribution in [0.1, 0.15) is 33.1 Å². The van der Waals surface area contributed by atoms with Crippen molar-refractivity contribution >= 4 is 0 Å². The molecular formula is C13H23N3O2. The summed E-state index contributed by atoms with van der Waals surface area (Å²) in [6.45, 7) is 5.88. The van der Waals surface area contributed by atoms with Crippen molar-refractivity contribution in [2.75, 3.05) is 6.61 Å². The molecule has 3 atom stereocenters. The van der Waals surface area contributed by atoms with Gasteiger partial charge in [0.1, 0.15) is 12.2 Å². The Morgan fingerprint density at radius 2 is 2.28 bits per heavy atom. The Labute approximate surface area is 108 Å². The summed E-state index contributed by atoms with van der Waals surface area (Å²) in [5.41, 5.74) is 5.93. The maximum absolute atomic E-state index is 5.93. The zero-order chi connectivity index (χ0) is 13.0. The Hall–Kier alpha value is -1.07. The van der Waals surface area contributed by atoms with E-state index in [1.54, 1.807) is 6.20 Å². The highest BCUT2D eigenvalue weighted by atomic mass is 16.5. The number of nitrogens with two attached hydrogens (primary N) is 1. The molecule has 3 unspecified atom stereocenters. The molecule has 5 nitrogen and oxygen atoms in total. The fraction of sp³-hybridized carbons (Fsp3) is 0.769. The second kappa shape index (κ2) is 6.20. The Kier molecular flexibility index (Phi) is 4.60. The van der Waals surface area contributed by atoms with Crippen molar-refractivity contribution in [2.24, 2.45) is 5.73 Å². The zero-order valence-corrected chi connectivity index (χ0v) is 11.2. The molecule has 0 saturated heterocycles. The summed E-state index contributed by atoms with van der Waals surface area (Å²) in [4.78, 5) is 0. The summed E-state index contributed by atoms with van der Waals surface area (Å²) >= 11 is 0. The van der Waals surface area contributed by atoms with Crippen LogP contribution in [0.25, 0.3) is 0 Å². The largest absolute Gasteiger partial charge is 0.484 e. The van der Waals surface area contributed by atoms with Crippen LogP contribution in [0.2, 0.25) is 0 Å². The zero-order valence-electron chi connectivity index (χ0n) is 11.2. The van der Waals surface area contributed by atoms with Crippen LogP contribution in [0.3, 0.4) is 0 Å². The predicted octanol–water partition coefficient (Wildman–Crippen LogP) is 1.57. The number of ether oxygens (including phenoxy) is 2. The summed E-state index contributed by atoms with van der Waals surface area (Å²) in [5, 5.41) is 4.24. The van der Waals surface area contributed by atoms with Gasteiger partial charge in [-0.3, -0.25) is 4.68 Å². The van der Waals surface area contributed by atoms with Gasteiger partial charge in [0, 0.05) is 25.6 Å². The average Bonchev–Trinajstić information content (AvgIpc) is 2.77. The standard InChI is InChI=1S/C13H23N3O2/c1-3-5-16-9-10(8-15-16)18-12-7-11(14)13(12)17-6-4-2/h8-9,11-13H,3-7,14H2,1-2H3. The van der Waals surface area contributed by atoms with Crippen LogP contribution in [-0.2, 0) is 11.3 Å². The Morgan fingerprint density at radius 3 is 2.94 bits per heavy atom. The number of nitrogens with zero attached hydrogens (tertiary/aromatic N) is 2. The molecule has 0 aromatic carbocycles. The van der Waals surface area contributed by atoms with Gasteiger partial charge in [0.25, 0.3) is 0 Å². The maximum atomic E-state index is 5.93. The predicted molar refractivity (Wildman–Crippen MR) is 69.6 cm³/mol. The lowest BCUT2D eigenvalue weighted by atomic mass is 9.86. The van der Waals surface area contributed by atoms with Crippen molar-refractivity contribution in [1.29, 1.82) is 0 Å². The van der Waals surface area contributed by atoms with E-state index in [1.807, 2.05) is 10.9 Å². The summed E-state index contributed by atoms with van der Waals surface area (Å²) in [6, 6.07) is 0.104. The molecule has 1 saturated carbocycles. The second-order valence-electron chi connectivity index (χ2n) is 4.83. The highest BCUT2D eigenvalue weighted by Crippen LogP contribution is 2.27. The Morgan fingerprint density at radius 1 is 1.44 bits per heavy atom. The minimum Gasteiger partial charge on any atom is -0.484 e. The maximum Gasteiger partial charge on any atom is 0.157 e. The topological polar surface area (TPSA) is 62.3 Å². The monoisotopic (exact) mass is 253 g/mol. The van der Waals surface area contributed by atoms with Crippen LogP contribution in [0.5, 0.6) is 5.75 Å². The molecule has 0 radical (unpaired) electrons. The van der Waals surface area contributed by atoms with Gasteiger partial charge in [0.15, 0.2) is 5.75 Å². The molecule has 2 N–H and O–H groups in total. The lowest BCUT2D eigenvalue weighted by Crippen LogP contribution is -2.59. The second-order valence-corrected chi connectivity index (χ2v) is 4.83. The molecule has 0 aliphatic heterocycles. The molecule has 18 heavy (non-hydrogen) atoms. The van der Waals surface area contributed by atoms with Gasteiger partial charge >= 0.3 is 0 Å². The van der Waals surface area contributed by atoms with Crippen LogP contribution in [0.4, 0.5) is 0 Å². The van der Waals surface area contributed by atoms with Crippen molar-refractivity contribution in [2.45, 2.75) is 57.9 Å². The van der Waals surface area contributed by atoms with Gasteiger partial charge in [-0.2, -0.15) is 5.10 Å². The van der Waals surface area contributed by atoms with E-state index in [2.05, 4.69) is 18.9 Å². The molecule has 1 aromatic rings. The Bertz CT molecular complexity index is 367. The van der Waals surface area contributed by atoms with E-state index in [4.69, 9.17) is 15.2 Å². The summed E-state index contributed by atoms with van der Waals surface area (Å²) < 4.78 is 13.5. The van der Waals surface area contributed by atoms with Gasteiger partial charge in [0.05, 0.1) is 12.4 Å². The molecule has 0 amide bonds. The highest BCUT2D eigenvalue weighted by molar-refractivity contribution is 5.14. The highest BCUT2D eigenvalue weighted by Gasteiger charge is 2.41. The smallest absolute Gasteiger partial charge is 0.157 e. The van der Waals surface area contributed by atoms with E-state index < -0.39 is 0 Å². The van der Waals surface area contributed by atoms with E-state index >= 15 is 0 Å². The first-order valence-electron chi connectivity index (χ1n) is 6.80. The fourth-order valence-corrected chi connectivity index (χ4v) is 2.15. The van der Waals surface area contributed by atoms with Crippen LogP contribution < -0.4 is 10.5 Å². The molecule has 1 aliphatic rings. The van der Waals surface area contributed by atoms with Gasteiger partial charge in [-0.15, -0.1) is 0 Å². The number of rotatable bonds is 7. The van der Waals surface area contributed by atoms with E-state index in [9.17, 15) is 0 Å². The summed E-state index contributed by atoms with van der Waals surface area (Å²) in [7, 11) is 0. The molecule has 0 spiro atoms. The van der Waals surface area contributed by atoms with E-state index in [0.717, 1.165) is 38.2 Å². The lowest BCUT2D eigenvalue weighted by Gasteiger charge is -2.41. The van der Waals surface area contributed by atoms with Gasteiger partial charge in [-0.25, -0.2) is 0 Å². The number of hydrogen-bond donors (Lipinski definition) is 1. The third-order valence-corrected chi connectivity index (χ3v) is 3.16. The SMILES string of the molecule is CCCOC1C(N)CC1Oc1cnn(CCC)c1. The van der Waals surface area contributed by atoms with Crippen molar-refractivity contribution in [3.8, 4) is 5.75 Å². The molecule has 1 fully saturated rings.